The van der Waals surface area contributed by atoms with E-state index in [0.717, 1.165) is 0 Å². The van der Waals surface area contributed by atoms with E-state index in [4.69, 9.17) is 5.11 Å². The quantitative estimate of drug-likeness (QED) is 0.566. The van der Waals surface area contributed by atoms with E-state index >= 15 is 0 Å². The lowest BCUT2D eigenvalue weighted by molar-refractivity contribution is -0.148. The first-order valence-electron chi connectivity index (χ1n) is 3.65. The van der Waals surface area contributed by atoms with Crippen molar-refractivity contribution in [2.75, 3.05) is 6.54 Å². The van der Waals surface area contributed by atoms with Crippen molar-refractivity contribution in [3.8, 4) is 0 Å². The normalized spacial score (nSPS) is 19.0. The summed E-state index contributed by atoms with van der Waals surface area (Å²) in [5.41, 5.74) is -1.07. The number of rotatable bonds is 3. The molecule has 0 bridgehead atoms. The summed E-state index contributed by atoms with van der Waals surface area (Å²) in [4.78, 5) is 21.6. The van der Waals surface area contributed by atoms with E-state index in [-0.39, 0.29) is 5.91 Å². The van der Waals surface area contributed by atoms with Gasteiger partial charge in [0.1, 0.15) is 5.41 Å². The second-order valence-electron chi connectivity index (χ2n) is 2.75. The standard InChI is InChI=1S/C7H11NO3/c1-2-8-5(9)7(3-4-7)6(10)11/h2-4H2,1H3,(H,8,9)(H,10,11). The van der Waals surface area contributed by atoms with Gasteiger partial charge in [0, 0.05) is 6.54 Å². The minimum absolute atomic E-state index is 0.340. The fourth-order valence-electron chi connectivity index (χ4n) is 0.993. The first-order valence-corrected chi connectivity index (χ1v) is 3.65. The summed E-state index contributed by atoms with van der Waals surface area (Å²) >= 11 is 0. The molecule has 1 rings (SSSR count). The van der Waals surface area contributed by atoms with Crippen LogP contribution >= 0.6 is 0 Å². The summed E-state index contributed by atoms with van der Waals surface area (Å²) in [6, 6.07) is 0. The first-order chi connectivity index (χ1) is 5.13. The predicted octanol–water partition coefficient (Wildman–Crippen LogP) is -0.0127. The molecule has 0 heterocycles. The number of aliphatic carboxylic acids is 1. The van der Waals surface area contributed by atoms with E-state index in [1.54, 1.807) is 6.92 Å². The minimum atomic E-state index is -1.07. The Morgan fingerprint density at radius 1 is 1.55 bits per heavy atom. The van der Waals surface area contributed by atoms with Crippen LogP contribution in [-0.2, 0) is 9.59 Å². The molecule has 1 amide bonds. The molecule has 1 aliphatic rings. The number of amides is 1. The van der Waals surface area contributed by atoms with Gasteiger partial charge >= 0.3 is 5.97 Å². The number of carbonyl (C=O) groups is 2. The van der Waals surface area contributed by atoms with Crippen molar-refractivity contribution in [1.29, 1.82) is 0 Å². The van der Waals surface area contributed by atoms with Gasteiger partial charge in [0.2, 0.25) is 5.91 Å². The van der Waals surface area contributed by atoms with Crippen LogP contribution in [0.5, 0.6) is 0 Å². The molecule has 0 aromatic heterocycles. The number of carbonyl (C=O) groups excluding carboxylic acids is 1. The first kappa shape index (κ1) is 8.04. The van der Waals surface area contributed by atoms with Crippen molar-refractivity contribution < 1.29 is 14.7 Å². The average Bonchev–Trinajstić information content (AvgIpc) is 2.66. The van der Waals surface area contributed by atoms with Crippen LogP contribution in [0.2, 0.25) is 0 Å². The van der Waals surface area contributed by atoms with Gasteiger partial charge in [-0.25, -0.2) is 0 Å². The van der Waals surface area contributed by atoms with Gasteiger partial charge in [0.05, 0.1) is 0 Å². The van der Waals surface area contributed by atoms with Gasteiger partial charge in [-0.3, -0.25) is 9.59 Å². The lowest BCUT2D eigenvalue weighted by atomic mass is 10.1. The summed E-state index contributed by atoms with van der Waals surface area (Å²) in [7, 11) is 0. The number of hydrogen-bond donors (Lipinski definition) is 2. The lowest BCUT2D eigenvalue weighted by Crippen LogP contribution is -2.36. The van der Waals surface area contributed by atoms with Crippen LogP contribution in [-0.4, -0.2) is 23.5 Å². The molecular weight excluding hydrogens is 146 g/mol. The second kappa shape index (κ2) is 2.53. The molecule has 0 radical (unpaired) electrons. The molecule has 4 heteroatoms. The average molecular weight is 157 g/mol. The van der Waals surface area contributed by atoms with Crippen LogP contribution in [0.1, 0.15) is 19.8 Å². The van der Waals surface area contributed by atoms with Crippen molar-refractivity contribution in [3.63, 3.8) is 0 Å². The van der Waals surface area contributed by atoms with Crippen LogP contribution in [0.15, 0.2) is 0 Å². The Morgan fingerprint density at radius 3 is 2.36 bits per heavy atom. The van der Waals surface area contributed by atoms with Crippen molar-refractivity contribution in [2.45, 2.75) is 19.8 Å². The number of carboxylic acids is 1. The SMILES string of the molecule is CCNC(=O)C1(C(=O)O)CC1. The van der Waals surface area contributed by atoms with Crippen molar-refractivity contribution in [2.24, 2.45) is 5.41 Å². The molecule has 0 aromatic carbocycles. The molecule has 0 unspecified atom stereocenters. The largest absolute Gasteiger partial charge is 0.480 e. The third-order valence-corrected chi connectivity index (χ3v) is 1.93. The van der Waals surface area contributed by atoms with Crippen molar-refractivity contribution >= 4 is 11.9 Å². The predicted molar refractivity (Wildman–Crippen MR) is 38.0 cm³/mol. The molecule has 1 saturated carbocycles. The van der Waals surface area contributed by atoms with E-state index in [9.17, 15) is 9.59 Å². The molecule has 0 saturated heterocycles. The van der Waals surface area contributed by atoms with Gasteiger partial charge in [-0.2, -0.15) is 0 Å². The maximum Gasteiger partial charge on any atom is 0.319 e. The maximum absolute atomic E-state index is 11.1. The molecule has 0 spiro atoms. The van der Waals surface area contributed by atoms with Gasteiger partial charge in [0.25, 0.3) is 0 Å². The topological polar surface area (TPSA) is 66.4 Å². The zero-order valence-electron chi connectivity index (χ0n) is 6.39. The van der Waals surface area contributed by atoms with E-state index in [0.29, 0.717) is 19.4 Å². The molecule has 62 valence electrons. The smallest absolute Gasteiger partial charge is 0.319 e. The summed E-state index contributed by atoms with van der Waals surface area (Å²) in [6.45, 7) is 2.27. The summed E-state index contributed by atoms with van der Waals surface area (Å²) in [6.07, 6.45) is 0.961. The Labute approximate surface area is 64.6 Å². The Kier molecular flexibility index (Phi) is 1.85. The monoisotopic (exact) mass is 157 g/mol. The summed E-state index contributed by atoms with van der Waals surface area (Å²) in [5.74, 6) is -1.34. The van der Waals surface area contributed by atoms with Crippen LogP contribution < -0.4 is 5.32 Å². The molecule has 4 nitrogen and oxygen atoms in total. The minimum Gasteiger partial charge on any atom is -0.480 e. The Morgan fingerprint density at radius 2 is 2.09 bits per heavy atom. The maximum atomic E-state index is 11.1. The zero-order valence-corrected chi connectivity index (χ0v) is 6.39. The molecule has 1 aliphatic carbocycles. The Balaban J connectivity index is 2.58. The van der Waals surface area contributed by atoms with Gasteiger partial charge in [0.15, 0.2) is 0 Å². The van der Waals surface area contributed by atoms with Gasteiger partial charge in [-0.05, 0) is 19.8 Å². The highest BCUT2D eigenvalue weighted by molar-refractivity contribution is 6.04. The van der Waals surface area contributed by atoms with E-state index in [1.807, 2.05) is 0 Å². The van der Waals surface area contributed by atoms with E-state index in [2.05, 4.69) is 5.32 Å². The molecule has 0 aromatic rings. The molecule has 0 aliphatic heterocycles. The second-order valence-corrected chi connectivity index (χ2v) is 2.75. The third-order valence-electron chi connectivity index (χ3n) is 1.93. The fourth-order valence-corrected chi connectivity index (χ4v) is 0.993. The molecule has 11 heavy (non-hydrogen) atoms. The highest BCUT2D eigenvalue weighted by Crippen LogP contribution is 2.45. The van der Waals surface area contributed by atoms with Gasteiger partial charge < -0.3 is 10.4 Å². The highest BCUT2D eigenvalue weighted by atomic mass is 16.4. The number of carboxylic acid groups (broad SMARTS) is 1. The lowest BCUT2D eigenvalue weighted by Gasteiger charge is -2.07. The van der Waals surface area contributed by atoms with Crippen molar-refractivity contribution in [1.82, 2.24) is 5.32 Å². The zero-order chi connectivity index (χ0) is 8.48. The van der Waals surface area contributed by atoms with E-state index < -0.39 is 11.4 Å². The number of nitrogens with one attached hydrogen (secondary N) is 1. The van der Waals surface area contributed by atoms with Gasteiger partial charge in [-0.15, -0.1) is 0 Å². The van der Waals surface area contributed by atoms with Crippen LogP contribution in [0.25, 0.3) is 0 Å². The van der Waals surface area contributed by atoms with Crippen LogP contribution in [0.3, 0.4) is 0 Å². The van der Waals surface area contributed by atoms with Crippen LogP contribution in [0, 0.1) is 5.41 Å². The molecule has 2 N–H and O–H groups in total. The van der Waals surface area contributed by atoms with Gasteiger partial charge in [-0.1, -0.05) is 0 Å². The molecule has 0 atom stereocenters. The Hall–Kier alpha value is -1.06. The molecule has 1 fully saturated rings. The summed E-state index contributed by atoms with van der Waals surface area (Å²) < 4.78 is 0. The molecular formula is C7H11NO3. The van der Waals surface area contributed by atoms with E-state index in [1.165, 1.54) is 0 Å². The fraction of sp³-hybridized carbons (Fsp3) is 0.714. The third kappa shape index (κ3) is 1.20. The summed E-state index contributed by atoms with van der Waals surface area (Å²) in [5, 5.41) is 11.1. The number of hydrogen-bond acceptors (Lipinski definition) is 2. The Bertz CT molecular complexity index is 196. The highest BCUT2D eigenvalue weighted by Gasteiger charge is 2.56. The van der Waals surface area contributed by atoms with Crippen molar-refractivity contribution in [3.05, 3.63) is 0 Å². The van der Waals surface area contributed by atoms with Crippen LogP contribution in [0.4, 0.5) is 0 Å².